The zero-order valence-electron chi connectivity index (χ0n) is 10.0. The van der Waals surface area contributed by atoms with Gasteiger partial charge in [0.25, 0.3) is 11.6 Å². The third kappa shape index (κ3) is 2.65. The number of amides is 1. The predicted molar refractivity (Wildman–Crippen MR) is 64.4 cm³/mol. The maximum absolute atomic E-state index is 11.8. The zero-order chi connectivity index (χ0) is 13.2. The lowest BCUT2D eigenvalue weighted by atomic mass is 9.88. The molecule has 1 N–H and O–H groups in total. The fourth-order valence-electron chi connectivity index (χ4n) is 1.71. The van der Waals surface area contributed by atoms with Gasteiger partial charge in [-0.05, 0) is 6.07 Å². The number of nitro groups is 1. The lowest BCUT2D eigenvalue weighted by molar-refractivity contribution is -0.384. The minimum Gasteiger partial charge on any atom is -0.380 e. The van der Waals surface area contributed by atoms with Crippen molar-refractivity contribution in [2.24, 2.45) is 5.41 Å². The van der Waals surface area contributed by atoms with Crippen molar-refractivity contribution < 1.29 is 14.5 Å². The Hall–Kier alpha value is -1.95. The maximum atomic E-state index is 11.8. The van der Waals surface area contributed by atoms with Crippen molar-refractivity contribution in [2.45, 2.75) is 6.92 Å². The van der Waals surface area contributed by atoms with E-state index >= 15 is 0 Å². The van der Waals surface area contributed by atoms with E-state index in [1.54, 1.807) is 6.07 Å². The standard InChI is InChI=1S/C12H14N2O4/c1-12(7-18-8-12)6-13-11(15)9-3-2-4-10(5-9)14(16)17/h2-5H,6-8H2,1H3,(H,13,15). The van der Waals surface area contributed by atoms with E-state index in [-0.39, 0.29) is 17.0 Å². The number of rotatable bonds is 4. The van der Waals surface area contributed by atoms with Gasteiger partial charge >= 0.3 is 0 Å². The largest absolute Gasteiger partial charge is 0.380 e. The number of ether oxygens (including phenoxy) is 1. The minimum atomic E-state index is -0.516. The molecule has 1 amide bonds. The first kappa shape index (κ1) is 12.5. The summed E-state index contributed by atoms with van der Waals surface area (Å²) in [6.07, 6.45) is 0. The molecule has 6 heteroatoms. The van der Waals surface area contributed by atoms with Crippen molar-refractivity contribution in [2.75, 3.05) is 19.8 Å². The van der Waals surface area contributed by atoms with Gasteiger partial charge in [0.1, 0.15) is 0 Å². The van der Waals surface area contributed by atoms with Crippen LogP contribution in [0.15, 0.2) is 24.3 Å². The summed E-state index contributed by atoms with van der Waals surface area (Å²) in [6.45, 7) is 3.78. The fourth-order valence-corrected chi connectivity index (χ4v) is 1.71. The molecular weight excluding hydrogens is 236 g/mol. The number of hydrogen-bond acceptors (Lipinski definition) is 4. The highest BCUT2D eigenvalue weighted by molar-refractivity contribution is 5.94. The van der Waals surface area contributed by atoms with Crippen molar-refractivity contribution in [3.63, 3.8) is 0 Å². The summed E-state index contributed by atoms with van der Waals surface area (Å²) >= 11 is 0. The van der Waals surface area contributed by atoms with Gasteiger partial charge in [-0.15, -0.1) is 0 Å². The third-order valence-corrected chi connectivity index (χ3v) is 2.90. The Bertz CT molecular complexity index is 483. The van der Waals surface area contributed by atoms with Gasteiger partial charge in [0.15, 0.2) is 0 Å². The predicted octanol–water partition coefficient (Wildman–Crippen LogP) is 1.36. The highest BCUT2D eigenvalue weighted by Gasteiger charge is 2.33. The van der Waals surface area contributed by atoms with Gasteiger partial charge in [-0.3, -0.25) is 14.9 Å². The molecule has 1 aliphatic heterocycles. The minimum absolute atomic E-state index is 0.0175. The van der Waals surface area contributed by atoms with E-state index in [1.807, 2.05) is 6.92 Å². The molecule has 0 bridgehead atoms. The molecule has 0 aromatic heterocycles. The third-order valence-electron chi connectivity index (χ3n) is 2.90. The average Bonchev–Trinajstić information content (AvgIpc) is 2.33. The topological polar surface area (TPSA) is 81.5 Å². The second-order valence-electron chi connectivity index (χ2n) is 4.79. The monoisotopic (exact) mass is 250 g/mol. The first-order chi connectivity index (χ1) is 8.50. The second kappa shape index (κ2) is 4.73. The summed E-state index contributed by atoms with van der Waals surface area (Å²) in [6, 6.07) is 5.69. The zero-order valence-corrected chi connectivity index (χ0v) is 10.0. The van der Waals surface area contributed by atoms with E-state index in [1.165, 1.54) is 18.2 Å². The summed E-state index contributed by atoms with van der Waals surface area (Å²) in [5.74, 6) is -0.299. The Morgan fingerprint density at radius 3 is 2.83 bits per heavy atom. The van der Waals surface area contributed by atoms with Crippen LogP contribution in [-0.2, 0) is 4.74 Å². The van der Waals surface area contributed by atoms with Crippen LogP contribution >= 0.6 is 0 Å². The summed E-state index contributed by atoms with van der Waals surface area (Å²) in [5.41, 5.74) is 0.199. The molecule has 2 rings (SSSR count). The molecule has 1 aromatic rings. The Morgan fingerprint density at radius 2 is 2.28 bits per heavy atom. The molecule has 1 saturated heterocycles. The first-order valence-corrected chi connectivity index (χ1v) is 5.61. The molecule has 0 saturated carbocycles. The maximum Gasteiger partial charge on any atom is 0.270 e. The summed E-state index contributed by atoms with van der Waals surface area (Å²) in [7, 11) is 0. The molecule has 96 valence electrons. The van der Waals surface area contributed by atoms with Gasteiger partial charge < -0.3 is 10.1 Å². The van der Waals surface area contributed by atoms with Crippen LogP contribution in [0.2, 0.25) is 0 Å². The molecule has 1 fully saturated rings. The van der Waals surface area contributed by atoms with Gasteiger partial charge in [-0.2, -0.15) is 0 Å². The molecule has 0 radical (unpaired) electrons. The number of nitrogens with one attached hydrogen (secondary N) is 1. The average molecular weight is 250 g/mol. The van der Waals surface area contributed by atoms with Crippen LogP contribution in [0.1, 0.15) is 17.3 Å². The SMILES string of the molecule is CC1(CNC(=O)c2cccc([N+](=O)[O-])c2)COC1. The molecule has 18 heavy (non-hydrogen) atoms. The van der Waals surface area contributed by atoms with Gasteiger partial charge in [0.05, 0.1) is 18.1 Å². The fraction of sp³-hybridized carbons (Fsp3) is 0.417. The van der Waals surface area contributed by atoms with Crippen LogP contribution in [0.3, 0.4) is 0 Å². The van der Waals surface area contributed by atoms with Crippen LogP contribution in [0.4, 0.5) is 5.69 Å². The van der Waals surface area contributed by atoms with Crippen LogP contribution < -0.4 is 5.32 Å². The lowest BCUT2D eigenvalue weighted by Gasteiger charge is -2.38. The van der Waals surface area contributed by atoms with Crippen LogP contribution in [0, 0.1) is 15.5 Å². The number of non-ortho nitro benzene ring substituents is 1. The van der Waals surface area contributed by atoms with Crippen molar-refractivity contribution in [3.05, 3.63) is 39.9 Å². The van der Waals surface area contributed by atoms with Crippen LogP contribution in [0.25, 0.3) is 0 Å². The summed E-state index contributed by atoms with van der Waals surface area (Å²) < 4.78 is 5.09. The van der Waals surface area contributed by atoms with E-state index in [0.29, 0.717) is 25.3 Å². The molecule has 1 aliphatic rings. The molecule has 0 unspecified atom stereocenters. The van der Waals surface area contributed by atoms with Gasteiger partial charge in [0.2, 0.25) is 0 Å². The lowest BCUT2D eigenvalue weighted by Crippen LogP contribution is -2.48. The number of hydrogen-bond donors (Lipinski definition) is 1. The number of nitrogens with zero attached hydrogens (tertiary/aromatic N) is 1. The van der Waals surface area contributed by atoms with Crippen molar-refractivity contribution >= 4 is 11.6 Å². The Kier molecular flexibility index (Phi) is 3.29. The Morgan fingerprint density at radius 1 is 1.56 bits per heavy atom. The number of carbonyl (C=O) groups is 1. The van der Waals surface area contributed by atoms with Crippen molar-refractivity contribution in [3.8, 4) is 0 Å². The molecular formula is C12H14N2O4. The van der Waals surface area contributed by atoms with E-state index in [2.05, 4.69) is 5.32 Å². The second-order valence-corrected chi connectivity index (χ2v) is 4.79. The quantitative estimate of drug-likeness (QED) is 0.646. The molecule has 6 nitrogen and oxygen atoms in total. The van der Waals surface area contributed by atoms with E-state index in [4.69, 9.17) is 4.74 Å². The molecule has 1 aromatic carbocycles. The van der Waals surface area contributed by atoms with Gasteiger partial charge in [-0.1, -0.05) is 13.0 Å². The normalized spacial score (nSPS) is 16.7. The first-order valence-electron chi connectivity index (χ1n) is 5.61. The summed E-state index contributed by atoms with van der Waals surface area (Å²) in [4.78, 5) is 21.9. The van der Waals surface area contributed by atoms with E-state index in [0.717, 1.165) is 0 Å². The van der Waals surface area contributed by atoms with E-state index in [9.17, 15) is 14.9 Å². The Labute approximate surface area is 104 Å². The molecule has 0 aliphatic carbocycles. The number of nitro benzene ring substituents is 1. The molecule has 0 spiro atoms. The highest BCUT2D eigenvalue weighted by Crippen LogP contribution is 2.25. The number of benzene rings is 1. The highest BCUT2D eigenvalue weighted by atomic mass is 16.6. The smallest absolute Gasteiger partial charge is 0.270 e. The Balaban J connectivity index is 2.00. The van der Waals surface area contributed by atoms with Crippen molar-refractivity contribution in [1.82, 2.24) is 5.32 Å². The number of carbonyl (C=O) groups excluding carboxylic acids is 1. The van der Waals surface area contributed by atoms with E-state index < -0.39 is 4.92 Å². The molecule has 1 heterocycles. The van der Waals surface area contributed by atoms with Gasteiger partial charge in [-0.25, -0.2) is 0 Å². The summed E-state index contributed by atoms with van der Waals surface area (Å²) in [5, 5.41) is 13.4. The molecule has 0 atom stereocenters. The van der Waals surface area contributed by atoms with Crippen LogP contribution in [0.5, 0.6) is 0 Å². The van der Waals surface area contributed by atoms with Crippen molar-refractivity contribution in [1.29, 1.82) is 0 Å². The van der Waals surface area contributed by atoms with Gasteiger partial charge in [0, 0.05) is 29.7 Å². The van der Waals surface area contributed by atoms with Crippen LogP contribution in [-0.4, -0.2) is 30.6 Å².